The average molecular weight is 341 g/mol. The minimum atomic E-state index is -3.56. The van der Waals surface area contributed by atoms with Gasteiger partial charge < -0.3 is 13.8 Å². The molecule has 0 heterocycles. The van der Waals surface area contributed by atoms with Crippen LogP contribution in [0.4, 0.5) is 0 Å². The molecule has 0 aliphatic heterocycles. The lowest BCUT2D eigenvalue weighted by Crippen LogP contribution is -2.40. The highest BCUT2D eigenvalue weighted by atomic mass is 32.2. The molecule has 1 aliphatic carbocycles. The highest BCUT2D eigenvalue weighted by Crippen LogP contribution is 2.29. The molecule has 0 bridgehead atoms. The molecule has 0 saturated heterocycles. The van der Waals surface area contributed by atoms with E-state index in [9.17, 15) is 13.2 Å². The van der Waals surface area contributed by atoms with Gasteiger partial charge in [0.05, 0.1) is 12.9 Å². The third-order valence-corrected chi connectivity index (χ3v) is 4.35. The fourth-order valence-corrected chi connectivity index (χ4v) is 2.93. The van der Waals surface area contributed by atoms with E-state index >= 15 is 0 Å². The summed E-state index contributed by atoms with van der Waals surface area (Å²) in [6, 6.07) is 6.80. The topological polar surface area (TPSA) is 72.9 Å². The molecule has 1 fully saturated rings. The number of nitrogens with zero attached hydrogens (tertiary/aromatic N) is 1. The fourth-order valence-electron chi connectivity index (χ4n) is 2.47. The third-order valence-electron chi connectivity index (χ3n) is 3.85. The molecule has 0 atom stereocenters. The molecule has 7 heteroatoms. The van der Waals surface area contributed by atoms with Gasteiger partial charge >= 0.3 is 10.1 Å². The van der Waals surface area contributed by atoms with Gasteiger partial charge in [0.1, 0.15) is 5.75 Å². The van der Waals surface area contributed by atoms with E-state index in [2.05, 4.69) is 0 Å². The highest BCUT2D eigenvalue weighted by molar-refractivity contribution is 7.86. The standard InChI is InChI=1S/C16H23NO5S/c1-21-10-9-17(16(18)14-6-4-7-14)12-13-5-3-8-15(11-13)22-23(2,19)20/h3,5,8,11,14H,4,6-7,9-10,12H2,1-2H3. The lowest BCUT2D eigenvalue weighted by atomic mass is 9.84. The molecule has 128 valence electrons. The van der Waals surface area contributed by atoms with E-state index in [1.165, 1.54) is 0 Å². The van der Waals surface area contributed by atoms with Crippen molar-refractivity contribution < 1.29 is 22.1 Å². The van der Waals surface area contributed by atoms with Crippen molar-refractivity contribution in [2.45, 2.75) is 25.8 Å². The molecule has 0 N–H and O–H groups in total. The lowest BCUT2D eigenvalue weighted by Gasteiger charge is -2.31. The molecule has 23 heavy (non-hydrogen) atoms. The molecule has 1 amide bonds. The minimum Gasteiger partial charge on any atom is -0.383 e. The van der Waals surface area contributed by atoms with Gasteiger partial charge in [0, 0.05) is 26.1 Å². The van der Waals surface area contributed by atoms with E-state index in [0.717, 1.165) is 31.1 Å². The summed E-state index contributed by atoms with van der Waals surface area (Å²) in [6.07, 6.45) is 4.00. The van der Waals surface area contributed by atoms with Crippen molar-refractivity contribution in [2.24, 2.45) is 5.92 Å². The van der Waals surface area contributed by atoms with Gasteiger partial charge in [-0.15, -0.1) is 0 Å². The van der Waals surface area contributed by atoms with E-state index in [1.54, 1.807) is 30.2 Å². The summed E-state index contributed by atoms with van der Waals surface area (Å²) < 4.78 is 32.4. The average Bonchev–Trinajstić information content (AvgIpc) is 2.40. The first-order valence-electron chi connectivity index (χ1n) is 7.65. The summed E-state index contributed by atoms with van der Waals surface area (Å²) in [6.45, 7) is 1.40. The Kier molecular flexibility index (Phi) is 6.01. The van der Waals surface area contributed by atoms with Crippen LogP contribution in [0.15, 0.2) is 24.3 Å². The number of hydrogen-bond donors (Lipinski definition) is 0. The molecular weight excluding hydrogens is 318 g/mol. The Bertz CT molecular complexity index is 640. The van der Waals surface area contributed by atoms with Crippen LogP contribution in [0, 0.1) is 5.92 Å². The van der Waals surface area contributed by atoms with Gasteiger partial charge in [0.25, 0.3) is 0 Å². The predicted octanol–water partition coefficient (Wildman–Crippen LogP) is 1.80. The monoisotopic (exact) mass is 341 g/mol. The van der Waals surface area contributed by atoms with Gasteiger partial charge in [-0.3, -0.25) is 4.79 Å². The van der Waals surface area contributed by atoms with Crippen LogP contribution in [-0.4, -0.2) is 45.7 Å². The number of hydrogen-bond acceptors (Lipinski definition) is 5. The third kappa shape index (κ3) is 5.51. The molecule has 1 saturated carbocycles. The van der Waals surface area contributed by atoms with Crippen molar-refractivity contribution in [2.75, 3.05) is 26.5 Å². The molecule has 0 radical (unpaired) electrons. The zero-order valence-corrected chi connectivity index (χ0v) is 14.3. The second-order valence-electron chi connectivity index (χ2n) is 5.82. The summed E-state index contributed by atoms with van der Waals surface area (Å²) in [5.74, 6) is 0.512. The van der Waals surface area contributed by atoms with E-state index in [-0.39, 0.29) is 17.6 Å². The highest BCUT2D eigenvalue weighted by Gasteiger charge is 2.29. The predicted molar refractivity (Wildman–Crippen MR) is 86.5 cm³/mol. The largest absolute Gasteiger partial charge is 0.383 e. The van der Waals surface area contributed by atoms with Crippen LogP contribution in [0.5, 0.6) is 5.75 Å². The number of amides is 1. The Morgan fingerprint density at radius 3 is 2.65 bits per heavy atom. The van der Waals surface area contributed by atoms with Gasteiger partial charge in [0.15, 0.2) is 0 Å². The maximum Gasteiger partial charge on any atom is 0.306 e. The van der Waals surface area contributed by atoms with Gasteiger partial charge in [-0.2, -0.15) is 8.42 Å². The van der Waals surface area contributed by atoms with Crippen molar-refractivity contribution in [3.63, 3.8) is 0 Å². The van der Waals surface area contributed by atoms with E-state index < -0.39 is 10.1 Å². The first kappa shape index (κ1) is 17.7. The molecule has 2 rings (SSSR count). The molecule has 1 aromatic carbocycles. The van der Waals surface area contributed by atoms with Crippen molar-refractivity contribution in [1.82, 2.24) is 4.90 Å². The van der Waals surface area contributed by atoms with Gasteiger partial charge in [-0.25, -0.2) is 0 Å². The summed E-state index contributed by atoms with van der Waals surface area (Å²) in [7, 11) is -1.96. The first-order chi connectivity index (χ1) is 10.9. The summed E-state index contributed by atoms with van der Waals surface area (Å²) in [5.41, 5.74) is 0.829. The molecule has 0 spiro atoms. The molecule has 0 unspecified atom stereocenters. The van der Waals surface area contributed by atoms with Crippen LogP contribution in [0.3, 0.4) is 0 Å². The molecular formula is C16H23NO5S. The Labute approximate surface area is 137 Å². The van der Waals surface area contributed by atoms with Crippen LogP contribution >= 0.6 is 0 Å². The lowest BCUT2D eigenvalue weighted by molar-refractivity contribution is -0.139. The van der Waals surface area contributed by atoms with E-state index in [4.69, 9.17) is 8.92 Å². The minimum absolute atomic E-state index is 0.113. The maximum absolute atomic E-state index is 12.5. The van der Waals surface area contributed by atoms with Crippen LogP contribution in [0.2, 0.25) is 0 Å². The van der Waals surface area contributed by atoms with Crippen LogP contribution < -0.4 is 4.18 Å². The van der Waals surface area contributed by atoms with Crippen molar-refractivity contribution in [3.8, 4) is 5.75 Å². The van der Waals surface area contributed by atoms with Crippen LogP contribution in [-0.2, 0) is 26.2 Å². The zero-order chi connectivity index (χ0) is 16.9. The van der Waals surface area contributed by atoms with Gasteiger partial charge in [-0.1, -0.05) is 18.6 Å². The zero-order valence-electron chi connectivity index (χ0n) is 13.5. The summed E-state index contributed by atoms with van der Waals surface area (Å²) >= 11 is 0. The number of carbonyl (C=O) groups excluding carboxylic acids is 1. The number of benzene rings is 1. The normalized spacial score (nSPS) is 15.0. The van der Waals surface area contributed by atoms with Crippen molar-refractivity contribution in [3.05, 3.63) is 29.8 Å². The molecule has 1 aromatic rings. The second kappa shape index (κ2) is 7.79. The number of carbonyl (C=O) groups is 1. The van der Waals surface area contributed by atoms with E-state index in [0.29, 0.717) is 19.7 Å². The maximum atomic E-state index is 12.5. The van der Waals surface area contributed by atoms with Crippen LogP contribution in [0.1, 0.15) is 24.8 Å². The van der Waals surface area contributed by atoms with Crippen molar-refractivity contribution in [1.29, 1.82) is 0 Å². The molecule has 1 aliphatic rings. The summed E-state index contributed by atoms with van der Waals surface area (Å²) in [4.78, 5) is 14.3. The quantitative estimate of drug-likeness (QED) is 0.674. The summed E-state index contributed by atoms with van der Waals surface area (Å²) in [5, 5.41) is 0. The van der Waals surface area contributed by atoms with Gasteiger partial charge in [-0.05, 0) is 30.5 Å². The van der Waals surface area contributed by atoms with Gasteiger partial charge in [0.2, 0.25) is 5.91 Å². The Balaban J connectivity index is 2.08. The van der Waals surface area contributed by atoms with E-state index in [1.807, 2.05) is 6.07 Å². The molecule has 0 aromatic heterocycles. The Morgan fingerprint density at radius 1 is 1.35 bits per heavy atom. The Morgan fingerprint density at radius 2 is 2.09 bits per heavy atom. The van der Waals surface area contributed by atoms with Crippen LogP contribution in [0.25, 0.3) is 0 Å². The smallest absolute Gasteiger partial charge is 0.306 e. The van der Waals surface area contributed by atoms with Crippen molar-refractivity contribution >= 4 is 16.0 Å². The Hall–Kier alpha value is -1.60. The second-order valence-corrected chi connectivity index (χ2v) is 7.39. The number of rotatable bonds is 8. The number of ether oxygens (including phenoxy) is 1. The number of methoxy groups -OCH3 is 1. The molecule has 6 nitrogen and oxygen atoms in total. The SMILES string of the molecule is COCCN(Cc1cccc(OS(C)(=O)=O)c1)C(=O)C1CCC1. The fraction of sp³-hybridized carbons (Fsp3) is 0.562. The first-order valence-corrected chi connectivity index (χ1v) is 9.47.